The Kier molecular flexibility index (Phi) is 6.86. The first kappa shape index (κ1) is 20.5. The van der Waals surface area contributed by atoms with Gasteiger partial charge in [0.15, 0.2) is 5.82 Å². The Morgan fingerprint density at radius 1 is 1.27 bits per heavy atom. The van der Waals surface area contributed by atoms with E-state index in [1.54, 1.807) is 0 Å². The molecule has 4 rings (SSSR count). The topological polar surface area (TPSA) is 76.3 Å². The number of hydrogen-bond donors (Lipinski definition) is 2. The van der Waals surface area contributed by atoms with Crippen LogP contribution in [0.3, 0.4) is 0 Å². The number of rotatable bonds is 4. The molecule has 0 radical (unpaired) electrons. The first-order chi connectivity index (χ1) is 11.7. The van der Waals surface area contributed by atoms with Gasteiger partial charge in [0, 0.05) is 43.6 Å². The predicted octanol–water partition coefficient (Wildman–Crippen LogP) is 2.92. The molecule has 3 aromatic heterocycles. The highest BCUT2D eigenvalue weighted by Gasteiger charge is 2.18. The van der Waals surface area contributed by atoms with Crippen molar-refractivity contribution in [1.82, 2.24) is 34.8 Å². The van der Waals surface area contributed by atoms with E-state index in [0.29, 0.717) is 0 Å². The van der Waals surface area contributed by atoms with Crippen molar-refractivity contribution in [3.63, 3.8) is 0 Å². The number of imidazole rings is 1. The molecule has 0 saturated carbocycles. The number of halogens is 2. The lowest BCUT2D eigenvalue weighted by molar-refractivity contribution is 0.539. The van der Waals surface area contributed by atoms with Crippen LogP contribution in [0.2, 0.25) is 0 Å². The molecule has 142 valence electrons. The van der Waals surface area contributed by atoms with Crippen molar-refractivity contribution >= 4 is 24.8 Å². The fraction of sp³-hybridized carbons (Fsp3) is 0.471. The van der Waals surface area contributed by atoms with Crippen LogP contribution < -0.4 is 5.32 Å². The second-order valence-corrected chi connectivity index (χ2v) is 6.53. The van der Waals surface area contributed by atoms with Crippen LogP contribution in [-0.2, 0) is 19.5 Å². The summed E-state index contributed by atoms with van der Waals surface area (Å²) in [5.41, 5.74) is 4.34. The summed E-state index contributed by atoms with van der Waals surface area (Å²) in [5.74, 6) is 0.926. The summed E-state index contributed by atoms with van der Waals surface area (Å²) in [6, 6.07) is 4.52. The van der Waals surface area contributed by atoms with E-state index in [2.05, 4.69) is 48.8 Å². The Hall–Kier alpha value is -1.83. The Morgan fingerprint density at radius 3 is 2.88 bits per heavy atom. The third-order valence-electron chi connectivity index (χ3n) is 4.53. The monoisotopic (exact) mass is 397 g/mol. The standard InChI is InChI=1S/C17H23N7.2ClH/c1-12-8-14(21-20-12)9-13(2)23-7-5-19-17(23)16-10-15-11-18-4-3-6-24(15)22-16;;/h5,7-8,10,13,18H,3-4,6,9,11H2,1-2H3,(H,20,21);2*1H. The van der Waals surface area contributed by atoms with Crippen molar-refractivity contribution in [3.05, 3.63) is 41.6 Å². The number of aryl methyl sites for hydroxylation is 2. The molecule has 0 fully saturated rings. The molecule has 1 atom stereocenters. The maximum Gasteiger partial charge on any atom is 0.160 e. The second kappa shape index (κ2) is 8.70. The van der Waals surface area contributed by atoms with Gasteiger partial charge in [0.2, 0.25) is 0 Å². The highest BCUT2D eigenvalue weighted by molar-refractivity contribution is 5.85. The first-order valence-electron chi connectivity index (χ1n) is 8.52. The molecule has 0 aliphatic carbocycles. The van der Waals surface area contributed by atoms with Crippen LogP contribution in [0, 0.1) is 6.92 Å². The van der Waals surface area contributed by atoms with Crippen LogP contribution in [0.1, 0.15) is 36.5 Å². The summed E-state index contributed by atoms with van der Waals surface area (Å²) in [6.07, 6.45) is 5.85. The SMILES string of the molecule is Cc1cc(CC(C)n2ccnc2-c2cc3n(n2)CCCNC3)n[nH]1.Cl.Cl. The van der Waals surface area contributed by atoms with Crippen molar-refractivity contribution in [2.75, 3.05) is 6.54 Å². The summed E-state index contributed by atoms with van der Waals surface area (Å²) >= 11 is 0. The molecule has 1 aliphatic heterocycles. The Balaban J connectivity index is 0.00000121. The number of aromatic nitrogens is 6. The summed E-state index contributed by atoms with van der Waals surface area (Å²) < 4.78 is 4.30. The molecule has 9 heteroatoms. The van der Waals surface area contributed by atoms with Crippen molar-refractivity contribution in [2.24, 2.45) is 0 Å². The van der Waals surface area contributed by atoms with E-state index in [9.17, 15) is 0 Å². The van der Waals surface area contributed by atoms with Gasteiger partial charge in [-0.2, -0.15) is 10.2 Å². The molecule has 4 heterocycles. The van der Waals surface area contributed by atoms with Crippen molar-refractivity contribution < 1.29 is 0 Å². The molecule has 1 unspecified atom stereocenters. The number of hydrogen-bond acceptors (Lipinski definition) is 4. The molecule has 26 heavy (non-hydrogen) atoms. The van der Waals surface area contributed by atoms with Gasteiger partial charge in [-0.3, -0.25) is 9.78 Å². The minimum atomic E-state index is 0. The molecule has 0 saturated heterocycles. The molecular weight excluding hydrogens is 373 g/mol. The molecule has 0 bridgehead atoms. The molecule has 0 aromatic carbocycles. The zero-order valence-electron chi connectivity index (χ0n) is 15.0. The fourth-order valence-corrected chi connectivity index (χ4v) is 3.32. The summed E-state index contributed by atoms with van der Waals surface area (Å²) in [4.78, 5) is 4.56. The lowest BCUT2D eigenvalue weighted by Crippen LogP contribution is -2.12. The Morgan fingerprint density at radius 2 is 2.12 bits per heavy atom. The molecule has 1 aliphatic rings. The largest absolute Gasteiger partial charge is 0.326 e. The maximum atomic E-state index is 4.78. The van der Waals surface area contributed by atoms with E-state index in [4.69, 9.17) is 5.10 Å². The van der Waals surface area contributed by atoms with Crippen LogP contribution in [0.5, 0.6) is 0 Å². The third kappa shape index (κ3) is 4.11. The van der Waals surface area contributed by atoms with Crippen LogP contribution >= 0.6 is 24.8 Å². The first-order valence-corrected chi connectivity index (χ1v) is 8.52. The van der Waals surface area contributed by atoms with Gasteiger partial charge in [-0.05, 0) is 38.9 Å². The van der Waals surface area contributed by atoms with Crippen LogP contribution in [0.25, 0.3) is 11.5 Å². The third-order valence-corrected chi connectivity index (χ3v) is 4.53. The fourth-order valence-electron chi connectivity index (χ4n) is 3.32. The quantitative estimate of drug-likeness (QED) is 0.709. The number of aromatic amines is 1. The van der Waals surface area contributed by atoms with E-state index >= 15 is 0 Å². The highest BCUT2D eigenvalue weighted by Crippen LogP contribution is 2.23. The van der Waals surface area contributed by atoms with E-state index in [1.807, 2.05) is 19.3 Å². The molecule has 0 spiro atoms. The number of fused-ring (bicyclic) bond motifs is 1. The van der Waals surface area contributed by atoms with Crippen molar-refractivity contribution in [1.29, 1.82) is 0 Å². The van der Waals surface area contributed by atoms with Gasteiger partial charge in [-0.25, -0.2) is 4.98 Å². The van der Waals surface area contributed by atoms with Gasteiger partial charge >= 0.3 is 0 Å². The van der Waals surface area contributed by atoms with Gasteiger partial charge in [0.1, 0.15) is 5.69 Å². The van der Waals surface area contributed by atoms with Gasteiger partial charge < -0.3 is 9.88 Å². The number of H-pyrrole nitrogens is 1. The normalized spacial score (nSPS) is 14.7. The Labute approximate surface area is 165 Å². The molecule has 2 N–H and O–H groups in total. The summed E-state index contributed by atoms with van der Waals surface area (Å²) in [7, 11) is 0. The lowest BCUT2D eigenvalue weighted by Gasteiger charge is -2.14. The molecule has 7 nitrogen and oxygen atoms in total. The average molecular weight is 398 g/mol. The lowest BCUT2D eigenvalue weighted by atomic mass is 10.1. The minimum Gasteiger partial charge on any atom is -0.326 e. The zero-order chi connectivity index (χ0) is 16.5. The second-order valence-electron chi connectivity index (χ2n) is 6.53. The summed E-state index contributed by atoms with van der Waals surface area (Å²) in [5, 5.41) is 15.6. The average Bonchev–Trinajstić information content (AvgIpc) is 3.25. The Bertz CT molecular complexity index is 812. The van der Waals surface area contributed by atoms with E-state index in [0.717, 1.165) is 55.4 Å². The minimum absolute atomic E-state index is 0. The van der Waals surface area contributed by atoms with Crippen molar-refractivity contribution in [3.8, 4) is 11.5 Å². The smallest absolute Gasteiger partial charge is 0.160 e. The van der Waals surface area contributed by atoms with Crippen LogP contribution in [-0.4, -0.2) is 36.1 Å². The van der Waals surface area contributed by atoms with Gasteiger partial charge in [0.05, 0.1) is 11.4 Å². The van der Waals surface area contributed by atoms with Crippen LogP contribution in [0.4, 0.5) is 0 Å². The predicted molar refractivity (Wildman–Crippen MR) is 106 cm³/mol. The highest BCUT2D eigenvalue weighted by atomic mass is 35.5. The van der Waals surface area contributed by atoms with Crippen LogP contribution in [0.15, 0.2) is 24.5 Å². The van der Waals surface area contributed by atoms with Gasteiger partial charge in [0.25, 0.3) is 0 Å². The number of nitrogens with one attached hydrogen (secondary N) is 2. The molecule has 3 aromatic rings. The molecular formula is C17H25Cl2N7. The number of nitrogens with zero attached hydrogens (tertiary/aromatic N) is 5. The van der Waals surface area contributed by atoms with E-state index in [-0.39, 0.29) is 30.9 Å². The van der Waals surface area contributed by atoms with E-state index < -0.39 is 0 Å². The zero-order valence-corrected chi connectivity index (χ0v) is 16.6. The van der Waals surface area contributed by atoms with Gasteiger partial charge in [-0.15, -0.1) is 24.8 Å². The maximum absolute atomic E-state index is 4.78. The van der Waals surface area contributed by atoms with E-state index in [1.165, 1.54) is 5.69 Å². The molecule has 0 amide bonds. The van der Waals surface area contributed by atoms with Crippen molar-refractivity contribution in [2.45, 2.75) is 45.8 Å². The summed E-state index contributed by atoms with van der Waals surface area (Å²) in [6.45, 7) is 7.10. The van der Waals surface area contributed by atoms with Gasteiger partial charge in [-0.1, -0.05) is 0 Å².